The highest BCUT2D eigenvalue weighted by Crippen LogP contribution is 2.22. The van der Waals surface area contributed by atoms with Crippen molar-refractivity contribution in [2.45, 2.75) is 30.8 Å². The van der Waals surface area contributed by atoms with E-state index in [1.54, 1.807) is 6.20 Å². The van der Waals surface area contributed by atoms with E-state index in [0.717, 1.165) is 18.9 Å². The molecule has 2 heterocycles. The molecule has 5 nitrogen and oxygen atoms in total. The van der Waals surface area contributed by atoms with Crippen molar-refractivity contribution in [1.82, 2.24) is 9.97 Å². The first-order chi connectivity index (χ1) is 12.6. The number of anilines is 2. The standard InChI is InChI=1S/C18H20ClFN4OS/c19-14-11-13(5-6-15(14)20)22-17(25)12-26-18-21-8-7-16(23-18)24-9-3-1-2-4-10-24/h5-8,11H,1-4,9-10,12H2,(H,22,25). The van der Waals surface area contributed by atoms with Crippen molar-refractivity contribution in [3.05, 3.63) is 41.3 Å². The number of aromatic nitrogens is 2. The van der Waals surface area contributed by atoms with Crippen molar-refractivity contribution in [3.8, 4) is 0 Å². The molecule has 1 aliphatic heterocycles. The summed E-state index contributed by atoms with van der Waals surface area (Å²) >= 11 is 6.99. The monoisotopic (exact) mass is 394 g/mol. The Labute approximate surface area is 161 Å². The molecule has 138 valence electrons. The average molecular weight is 395 g/mol. The quantitative estimate of drug-likeness (QED) is 0.602. The maximum Gasteiger partial charge on any atom is 0.234 e. The van der Waals surface area contributed by atoms with E-state index in [9.17, 15) is 9.18 Å². The molecule has 1 aromatic carbocycles. The summed E-state index contributed by atoms with van der Waals surface area (Å²) in [5.74, 6) is 0.340. The van der Waals surface area contributed by atoms with Crippen LogP contribution in [0.1, 0.15) is 25.7 Å². The Morgan fingerprint density at radius 1 is 1.23 bits per heavy atom. The first-order valence-corrected chi connectivity index (χ1v) is 9.94. The fraction of sp³-hybridized carbons (Fsp3) is 0.389. The first-order valence-electron chi connectivity index (χ1n) is 8.57. The van der Waals surface area contributed by atoms with Crippen LogP contribution in [0.15, 0.2) is 35.6 Å². The lowest BCUT2D eigenvalue weighted by Gasteiger charge is -2.21. The van der Waals surface area contributed by atoms with Gasteiger partial charge in [-0.3, -0.25) is 4.79 Å². The molecule has 1 N–H and O–H groups in total. The Bertz CT molecular complexity index is 769. The number of thioether (sulfide) groups is 1. The highest BCUT2D eigenvalue weighted by Gasteiger charge is 2.13. The van der Waals surface area contributed by atoms with Crippen LogP contribution in [0.25, 0.3) is 0 Å². The van der Waals surface area contributed by atoms with Crippen LogP contribution in [0, 0.1) is 5.82 Å². The summed E-state index contributed by atoms with van der Waals surface area (Å²) in [6.45, 7) is 2.01. The molecule has 26 heavy (non-hydrogen) atoms. The summed E-state index contributed by atoms with van der Waals surface area (Å²) in [5.41, 5.74) is 0.459. The number of carbonyl (C=O) groups is 1. The minimum absolute atomic E-state index is 0.0241. The zero-order valence-electron chi connectivity index (χ0n) is 14.3. The maximum atomic E-state index is 13.2. The van der Waals surface area contributed by atoms with Gasteiger partial charge in [-0.1, -0.05) is 36.2 Å². The van der Waals surface area contributed by atoms with Gasteiger partial charge in [-0.2, -0.15) is 0 Å². The number of nitrogens with one attached hydrogen (secondary N) is 1. The molecule has 2 aromatic rings. The Morgan fingerprint density at radius 2 is 2.00 bits per heavy atom. The van der Waals surface area contributed by atoms with Gasteiger partial charge >= 0.3 is 0 Å². The van der Waals surface area contributed by atoms with Crippen molar-refractivity contribution in [2.24, 2.45) is 0 Å². The SMILES string of the molecule is O=C(CSc1nccc(N2CCCCCC2)n1)Nc1ccc(F)c(Cl)c1. The molecule has 8 heteroatoms. The third kappa shape index (κ3) is 5.32. The van der Waals surface area contributed by atoms with Gasteiger partial charge in [-0.25, -0.2) is 14.4 Å². The van der Waals surface area contributed by atoms with Crippen molar-refractivity contribution < 1.29 is 9.18 Å². The molecule has 1 saturated heterocycles. The summed E-state index contributed by atoms with van der Waals surface area (Å²) in [4.78, 5) is 23.2. The minimum Gasteiger partial charge on any atom is -0.356 e. The largest absolute Gasteiger partial charge is 0.356 e. The van der Waals surface area contributed by atoms with Crippen LogP contribution in [0.5, 0.6) is 0 Å². The number of benzene rings is 1. The Balaban J connectivity index is 1.56. The van der Waals surface area contributed by atoms with Gasteiger partial charge < -0.3 is 10.2 Å². The second kappa shape index (κ2) is 9.19. The van der Waals surface area contributed by atoms with Crippen molar-refractivity contribution in [2.75, 3.05) is 29.1 Å². The molecule has 0 bridgehead atoms. The number of rotatable bonds is 5. The van der Waals surface area contributed by atoms with Gasteiger partial charge in [-0.15, -0.1) is 0 Å². The van der Waals surface area contributed by atoms with Gasteiger partial charge in [-0.05, 0) is 37.1 Å². The molecule has 0 atom stereocenters. The highest BCUT2D eigenvalue weighted by atomic mass is 35.5. The minimum atomic E-state index is -0.516. The molecule has 0 spiro atoms. The van der Waals surface area contributed by atoms with Gasteiger partial charge in [0.15, 0.2) is 5.16 Å². The first kappa shape index (κ1) is 18.9. The van der Waals surface area contributed by atoms with Crippen LogP contribution in [0.2, 0.25) is 5.02 Å². The number of nitrogens with zero attached hydrogens (tertiary/aromatic N) is 3. The molecule has 1 aliphatic rings. The average Bonchev–Trinajstić information content (AvgIpc) is 2.93. The van der Waals surface area contributed by atoms with E-state index in [1.807, 2.05) is 6.07 Å². The van der Waals surface area contributed by atoms with Gasteiger partial charge in [0, 0.05) is 25.0 Å². The number of carbonyl (C=O) groups excluding carboxylic acids is 1. The lowest BCUT2D eigenvalue weighted by Crippen LogP contribution is -2.25. The molecule has 0 unspecified atom stereocenters. The third-order valence-electron chi connectivity index (χ3n) is 4.08. The van der Waals surface area contributed by atoms with Crippen molar-refractivity contribution in [3.63, 3.8) is 0 Å². The number of hydrogen-bond donors (Lipinski definition) is 1. The van der Waals surface area contributed by atoms with Crippen LogP contribution in [-0.2, 0) is 4.79 Å². The predicted molar refractivity (Wildman–Crippen MR) is 103 cm³/mol. The Kier molecular flexibility index (Phi) is 6.68. The van der Waals surface area contributed by atoms with Crippen molar-refractivity contribution in [1.29, 1.82) is 0 Å². The molecule has 0 saturated carbocycles. The van der Waals surface area contributed by atoms with Gasteiger partial charge in [0.1, 0.15) is 11.6 Å². The van der Waals surface area contributed by atoms with Crippen LogP contribution in [0.3, 0.4) is 0 Å². The Hall–Kier alpha value is -1.86. The smallest absolute Gasteiger partial charge is 0.234 e. The number of halogens is 2. The van der Waals surface area contributed by atoms with Gasteiger partial charge in [0.05, 0.1) is 10.8 Å². The molecule has 0 aliphatic carbocycles. The molecular formula is C18H20ClFN4OS. The lowest BCUT2D eigenvalue weighted by atomic mass is 10.2. The van der Waals surface area contributed by atoms with E-state index < -0.39 is 5.82 Å². The number of amides is 1. The topological polar surface area (TPSA) is 58.1 Å². The van der Waals surface area contributed by atoms with Crippen LogP contribution >= 0.6 is 23.4 Å². The summed E-state index contributed by atoms with van der Waals surface area (Å²) in [6.07, 6.45) is 6.60. The summed E-state index contributed by atoms with van der Waals surface area (Å²) < 4.78 is 13.2. The van der Waals surface area contributed by atoms with E-state index in [-0.39, 0.29) is 16.7 Å². The second-order valence-electron chi connectivity index (χ2n) is 6.06. The summed E-state index contributed by atoms with van der Waals surface area (Å²) in [5, 5.41) is 3.23. The number of hydrogen-bond acceptors (Lipinski definition) is 5. The van der Waals surface area contributed by atoms with E-state index in [0.29, 0.717) is 10.8 Å². The van der Waals surface area contributed by atoms with Gasteiger partial charge in [0.2, 0.25) is 5.91 Å². The second-order valence-corrected chi connectivity index (χ2v) is 7.41. The van der Waals surface area contributed by atoms with Gasteiger partial charge in [0.25, 0.3) is 0 Å². The van der Waals surface area contributed by atoms with E-state index >= 15 is 0 Å². The third-order valence-corrected chi connectivity index (χ3v) is 5.24. The normalized spacial score (nSPS) is 14.8. The maximum absolute atomic E-state index is 13.2. The molecular weight excluding hydrogens is 375 g/mol. The molecule has 1 amide bonds. The van der Waals surface area contributed by atoms with E-state index in [4.69, 9.17) is 11.6 Å². The molecule has 3 rings (SSSR count). The lowest BCUT2D eigenvalue weighted by molar-refractivity contribution is -0.113. The molecule has 1 aromatic heterocycles. The Morgan fingerprint density at radius 3 is 2.73 bits per heavy atom. The zero-order valence-corrected chi connectivity index (χ0v) is 15.8. The summed E-state index contributed by atoms with van der Waals surface area (Å²) in [7, 11) is 0. The molecule has 1 fully saturated rings. The van der Waals surface area contributed by atoms with Crippen LogP contribution < -0.4 is 10.2 Å². The fourth-order valence-electron chi connectivity index (χ4n) is 2.78. The summed E-state index contributed by atoms with van der Waals surface area (Å²) in [6, 6.07) is 5.99. The van der Waals surface area contributed by atoms with Crippen LogP contribution in [0.4, 0.5) is 15.9 Å². The van der Waals surface area contributed by atoms with E-state index in [1.165, 1.54) is 55.6 Å². The fourth-order valence-corrected chi connectivity index (χ4v) is 3.58. The zero-order chi connectivity index (χ0) is 18.4. The molecule has 0 radical (unpaired) electrons. The van der Waals surface area contributed by atoms with Crippen molar-refractivity contribution >= 4 is 40.8 Å². The highest BCUT2D eigenvalue weighted by molar-refractivity contribution is 7.99. The van der Waals surface area contributed by atoms with Crippen LogP contribution in [-0.4, -0.2) is 34.7 Å². The van der Waals surface area contributed by atoms with E-state index in [2.05, 4.69) is 20.2 Å². The predicted octanol–water partition coefficient (Wildman–Crippen LogP) is 4.38.